The molecule has 2 aliphatic heterocycles. The van der Waals surface area contributed by atoms with Gasteiger partial charge in [0, 0.05) is 24.2 Å². The highest BCUT2D eigenvalue weighted by Crippen LogP contribution is 2.53. The molecule has 6 rings (SSSR count). The number of phenols is 3. The molecule has 380 valence electrons. The number of aromatic hydroxyl groups is 3. The maximum atomic E-state index is 14.6. The minimum atomic E-state index is -1.45. The van der Waals surface area contributed by atoms with E-state index in [0.29, 0.717) is 30.7 Å². The van der Waals surface area contributed by atoms with Crippen LogP contribution < -0.4 is 9.47 Å². The predicted molar refractivity (Wildman–Crippen MR) is 259 cm³/mol. The largest absolute Gasteiger partial charge is 0.508 e. The molecular weight excluding hydrogens is 915 g/mol. The Kier molecular flexibility index (Phi) is 15.6. The van der Waals surface area contributed by atoms with Gasteiger partial charge >= 0.3 is 23.9 Å². The van der Waals surface area contributed by atoms with Crippen molar-refractivity contribution >= 4 is 35.7 Å². The molecule has 4 N–H and O–H groups in total. The lowest BCUT2D eigenvalue weighted by atomic mass is 9.60. The summed E-state index contributed by atoms with van der Waals surface area (Å²) in [5, 5.41) is 43.3. The summed E-state index contributed by atoms with van der Waals surface area (Å²) < 4.78 is 16.2. The summed E-state index contributed by atoms with van der Waals surface area (Å²) >= 11 is 0. The fourth-order valence-electron chi connectivity index (χ4n) is 10.4. The highest BCUT2D eigenvalue weighted by Gasteiger charge is 2.59. The normalized spacial score (nSPS) is 19.5. The molecule has 0 spiro atoms. The summed E-state index contributed by atoms with van der Waals surface area (Å²) in [6.07, 6.45) is 0.593. The van der Waals surface area contributed by atoms with Crippen molar-refractivity contribution in [1.29, 1.82) is 0 Å². The smallest absolute Gasteiger partial charge is 0.318 e. The number of carboxylic acid groups (broad SMARTS) is 1. The fourth-order valence-corrected chi connectivity index (χ4v) is 10.4. The quantitative estimate of drug-likeness (QED) is 0.0291. The maximum Gasteiger partial charge on any atom is 0.318 e. The molecule has 4 aromatic rings. The summed E-state index contributed by atoms with van der Waals surface area (Å²) in [6.45, 7) is 14.6. The average Bonchev–Trinajstić information content (AvgIpc) is 3.69. The van der Waals surface area contributed by atoms with Crippen LogP contribution in [-0.4, -0.2) is 115 Å². The number of imide groups is 1. The number of hydrogen-bond donors (Lipinski definition) is 4. The zero-order chi connectivity index (χ0) is 52.5. The Hall–Kier alpha value is -6.95. The van der Waals surface area contributed by atoms with E-state index in [2.05, 4.69) is 15.0 Å². The topological polar surface area (TPSA) is 256 Å². The van der Waals surface area contributed by atoms with Crippen molar-refractivity contribution < 1.29 is 63.4 Å². The molecule has 0 bridgehead atoms. The molecule has 2 saturated heterocycles. The molecule has 18 nitrogen and oxygen atoms in total. The van der Waals surface area contributed by atoms with E-state index in [4.69, 9.17) is 14.2 Å². The number of amides is 2. The Balaban J connectivity index is 1.33. The molecule has 1 aromatic heterocycles. The average molecular weight is 980 g/mol. The molecule has 3 aromatic carbocycles. The van der Waals surface area contributed by atoms with Crippen LogP contribution in [0.2, 0.25) is 0 Å². The maximum absolute atomic E-state index is 14.6. The molecule has 2 aliphatic rings. The number of hydrogen-bond acceptors (Lipinski definition) is 16. The van der Waals surface area contributed by atoms with Gasteiger partial charge in [0.1, 0.15) is 28.7 Å². The molecule has 2 fully saturated rings. The van der Waals surface area contributed by atoms with Gasteiger partial charge in [-0.15, -0.1) is 0 Å². The number of cyclic esters (lactones) is 2. The van der Waals surface area contributed by atoms with E-state index in [1.807, 2.05) is 25.9 Å². The standard InChI is InChI=1S/C53H65N5O13/c1-12-51(3,4)41(36(47(64)65)27-53(7,8)40-35(45(62)58(46(40)63)23-13-22-57(9)10)26-52(5,6)39-28(2)48(66)71-49(39)67)50(68)70-32-19-21-34(38(61)25-32)44-55-42(29-14-17-31(69-11)18-15-29)54-43(56-44)33-20-16-30(59)24-37(33)60/h14-21,24-25,28,35-36,39-41,59-61H,12-13,22-23,26-27H2,1-11H3,(H,64,65). The van der Waals surface area contributed by atoms with Crippen molar-refractivity contribution in [1.82, 2.24) is 24.8 Å². The van der Waals surface area contributed by atoms with Crippen LogP contribution in [-0.2, 0) is 33.5 Å². The van der Waals surface area contributed by atoms with Crippen molar-refractivity contribution in [3.8, 4) is 62.9 Å². The summed E-state index contributed by atoms with van der Waals surface area (Å²) in [4.78, 5) is 99.7. The first-order chi connectivity index (χ1) is 33.2. The molecule has 18 heteroatoms. The molecule has 71 heavy (non-hydrogen) atoms. The second-order valence-corrected chi connectivity index (χ2v) is 21.1. The van der Waals surface area contributed by atoms with E-state index < -0.39 is 93.2 Å². The van der Waals surface area contributed by atoms with E-state index in [1.165, 1.54) is 42.3 Å². The third kappa shape index (κ3) is 11.3. The first-order valence-electron chi connectivity index (χ1n) is 23.7. The fraction of sp³-hybridized carbons (Fsp3) is 0.491. The van der Waals surface area contributed by atoms with Gasteiger partial charge in [0.15, 0.2) is 17.5 Å². The SMILES string of the molecule is CCC(C)(C)C(C(=O)Oc1ccc(-c2nc(-c3ccc(OC)cc3)nc(-c3ccc(O)cc3O)n2)c(O)c1)C(CC(C)(C)C1C(=O)N(CCCN(C)C)C(=O)C1CC(C)(C)C1C(=O)OC(=O)C1C)C(=O)O. The summed E-state index contributed by atoms with van der Waals surface area (Å²) in [6, 6.07) is 14.7. The number of likely N-dealkylation sites (tertiary alicyclic amines) is 1. The molecule has 3 heterocycles. The number of aromatic nitrogens is 3. The molecule has 0 saturated carbocycles. The summed E-state index contributed by atoms with van der Waals surface area (Å²) in [5.41, 5.74) is -2.44. The van der Waals surface area contributed by atoms with Crippen molar-refractivity contribution in [2.24, 2.45) is 51.8 Å². The van der Waals surface area contributed by atoms with E-state index in [9.17, 15) is 49.2 Å². The Bertz CT molecular complexity index is 2700. The van der Waals surface area contributed by atoms with Crippen molar-refractivity contribution in [2.75, 3.05) is 34.3 Å². The molecule has 6 unspecified atom stereocenters. The minimum Gasteiger partial charge on any atom is -0.508 e. The molecule has 2 amide bonds. The number of phenolic OH excluding ortho intramolecular Hbond substituents is 3. The molecular formula is C53H65N5O13. The molecule has 0 radical (unpaired) electrons. The lowest BCUT2D eigenvalue weighted by Gasteiger charge is -2.42. The van der Waals surface area contributed by atoms with Crippen molar-refractivity contribution in [3.05, 3.63) is 60.7 Å². The number of rotatable bonds is 20. The van der Waals surface area contributed by atoms with E-state index in [-0.39, 0.29) is 65.2 Å². The van der Waals surface area contributed by atoms with Crippen LogP contribution in [0, 0.1) is 51.8 Å². The number of carbonyl (C=O) groups excluding carboxylic acids is 5. The third-order valence-electron chi connectivity index (χ3n) is 14.4. The number of carbonyl (C=O) groups is 6. The Morgan fingerprint density at radius 2 is 1.35 bits per heavy atom. The van der Waals surface area contributed by atoms with E-state index >= 15 is 0 Å². The highest BCUT2D eigenvalue weighted by atomic mass is 16.6. The van der Waals surface area contributed by atoms with Gasteiger partial charge < -0.3 is 39.5 Å². The Morgan fingerprint density at radius 3 is 1.87 bits per heavy atom. The predicted octanol–water partition coefficient (Wildman–Crippen LogP) is 7.38. The first-order valence-corrected chi connectivity index (χ1v) is 23.7. The second kappa shape index (κ2) is 20.8. The second-order valence-electron chi connectivity index (χ2n) is 21.1. The summed E-state index contributed by atoms with van der Waals surface area (Å²) in [7, 11) is 5.27. The van der Waals surface area contributed by atoms with Crippen LogP contribution in [0.25, 0.3) is 34.2 Å². The van der Waals surface area contributed by atoms with Gasteiger partial charge in [-0.3, -0.25) is 33.7 Å². The van der Waals surface area contributed by atoms with Crippen LogP contribution in [0.3, 0.4) is 0 Å². The Morgan fingerprint density at radius 1 is 0.775 bits per heavy atom. The van der Waals surface area contributed by atoms with Gasteiger partial charge in [0.05, 0.1) is 53.7 Å². The monoisotopic (exact) mass is 979 g/mol. The zero-order valence-electron chi connectivity index (χ0n) is 42.2. The minimum absolute atomic E-state index is 0.0147. The van der Waals surface area contributed by atoms with Gasteiger partial charge in [-0.1, -0.05) is 61.8 Å². The van der Waals surface area contributed by atoms with Crippen molar-refractivity contribution in [3.63, 3.8) is 0 Å². The molecule has 0 aliphatic carbocycles. The number of ether oxygens (including phenoxy) is 3. The van der Waals surface area contributed by atoms with Gasteiger partial charge in [0.25, 0.3) is 0 Å². The van der Waals surface area contributed by atoms with E-state index in [0.717, 1.165) is 6.07 Å². The summed E-state index contributed by atoms with van der Waals surface area (Å²) in [5.74, 6) is -11.3. The number of carboxylic acids is 1. The number of aliphatic carboxylic acids is 1. The molecule has 6 atom stereocenters. The number of esters is 3. The van der Waals surface area contributed by atoms with Crippen LogP contribution in [0.4, 0.5) is 0 Å². The lowest BCUT2D eigenvalue weighted by molar-refractivity contribution is -0.160. The zero-order valence-corrected chi connectivity index (χ0v) is 42.2. The third-order valence-corrected chi connectivity index (χ3v) is 14.4. The van der Waals surface area contributed by atoms with Crippen molar-refractivity contribution in [2.45, 2.75) is 81.1 Å². The van der Waals surface area contributed by atoms with Crippen LogP contribution >= 0.6 is 0 Å². The number of benzene rings is 3. The van der Waals surface area contributed by atoms with Gasteiger partial charge in [0.2, 0.25) is 11.8 Å². The van der Waals surface area contributed by atoms with Gasteiger partial charge in [-0.25, -0.2) is 15.0 Å². The number of methoxy groups -OCH3 is 1. The van der Waals surface area contributed by atoms with Crippen LogP contribution in [0.5, 0.6) is 28.7 Å². The Labute approximate surface area is 413 Å². The first kappa shape index (κ1) is 53.4. The number of nitrogens with zero attached hydrogens (tertiary/aromatic N) is 5. The van der Waals surface area contributed by atoms with E-state index in [1.54, 1.807) is 72.7 Å². The lowest BCUT2D eigenvalue weighted by Crippen LogP contribution is -2.46. The van der Waals surface area contributed by atoms with Gasteiger partial charge in [-0.05, 0) is 105 Å². The van der Waals surface area contributed by atoms with Crippen LogP contribution in [0.1, 0.15) is 81.1 Å². The highest BCUT2D eigenvalue weighted by molar-refractivity contribution is 6.05. The van der Waals surface area contributed by atoms with Crippen LogP contribution in [0.15, 0.2) is 60.7 Å². The van der Waals surface area contributed by atoms with Gasteiger partial charge in [-0.2, -0.15) is 0 Å².